The molecule has 2 aliphatic rings. The van der Waals surface area contributed by atoms with Crippen LogP contribution in [-0.4, -0.2) is 53.2 Å². The van der Waals surface area contributed by atoms with Gasteiger partial charge in [-0.25, -0.2) is 4.79 Å². The van der Waals surface area contributed by atoms with Crippen LogP contribution >= 0.6 is 0 Å². The molecule has 176 valence electrons. The molecule has 4 rings (SSSR count). The molecule has 2 aliphatic heterocycles. The van der Waals surface area contributed by atoms with E-state index >= 15 is 0 Å². The zero-order valence-electron chi connectivity index (χ0n) is 19.2. The lowest BCUT2D eigenvalue weighted by Gasteiger charge is -2.41. The van der Waals surface area contributed by atoms with E-state index in [4.69, 9.17) is 4.74 Å². The van der Waals surface area contributed by atoms with Crippen molar-refractivity contribution in [3.05, 3.63) is 59.2 Å². The van der Waals surface area contributed by atoms with Crippen molar-refractivity contribution in [2.45, 2.75) is 39.2 Å². The number of anilines is 2. The van der Waals surface area contributed by atoms with Crippen molar-refractivity contribution in [2.24, 2.45) is 0 Å². The minimum atomic E-state index is -1.19. The largest absolute Gasteiger partial charge is 0.452 e. The summed E-state index contributed by atoms with van der Waals surface area (Å²) in [5.74, 6) is -2.57. The van der Waals surface area contributed by atoms with Gasteiger partial charge >= 0.3 is 5.97 Å². The summed E-state index contributed by atoms with van der Waals surface area (Å²) in [6, 6.07) is 11.0. The molecule has 1 N–H and O–H groups in total. The van der Waals surface area contributed by atoms with Crippen molar-refractivity contribution < 1.29 is 28.7 Å². The summed E-state index contributed by atoms with van der Waals surface area (Å²) < 4.78 is 5.23. The average molecular weight is 463 g/mol. The smallest absolute Gasteiger partial charge is 0.338 e. The van der Waals surface area contributed by atoms with Crippen LogP contribution in [0.5, 0.6) is 0 Å². The van der Waals surface area contributed by atoms with Crippen LogP contribution in [0.3, 0.4) is 0 Å². The molecule has 0 bridgehead atoms. The SMILES string of the molecule is CCCCN1C(=O)c2ccc(C(=O)OCC(=O)N3c4ccccc4NC(=O)C3(C)C)cc2C1=O. The lowest BCUT2D eigenvalue weighted by molar-refractivity contribution is -0.128. The van der Waals surface area contributed by atoms with Gasteiger partial charge in [0.1, 0.15) is 5.54 Å². The zero-order chi connectivity index (χ0) is 24.6. The Labute approximate surface area is 196 Å². The Kier molecular flexibility index (Phi) is 5.95. The second-order valence-corrected chi connectivity index (χ2v) is 8.71. The molecular weight excluding hydrogens is 438 g/mol. The minimum absolute atomic E-state index is 0.0566. The Morgan fingerprint density at radius 1 is 1.00 bits per heavy atom. The molecular formula is C25H25N3O6. The lowest BCUT2D eigenvalue weighted by Crippen LogP contribution is -2.59. The normalized spacial score (nSPS) is 16.1. The molecule has 0 aromatic heterocycles. The van der Waals surface area contributed by atoms with E-state index in [1.165, 1.54) is 28.0 Å². The number of nitrogens with one attached hydrogen (secondary N) is 1. The predicted molar refractivity (Wildman–Crippen MR) is 124 cm³/mol. The molecule has 2 heterocycles. The van der Waals surface area contributed by atoms with Gasteiger partial charge in [0.2, 0.25) is 5.91 Å². The fraction of sp³-hybridized carbons (Fsp3) is 0.320. The highest BCUT2D eigenvalue weighted by Crippen LogP contribution is 2.36. The van der Waals surface area contributed by atoms with Crippen molar-refractivity contribution >= 4 is 41.0 Å². The van der Waals surface area contributed by atoms with Crippen molar-refractivity contribution in [3.63, 3.8) is 0 Å². The molecule has 2 aromatic carbocycles. The Bertz CT molecular complexity index is 1220. The molecule has 34 heavy (non-hydrogen) atoms. The molecule has 0 unspecified atom stereocenters. The number of carbonyl (C=O) groups is 5. The van der Waals surface area contributed by atoms with Crippen LogP contribution in [-0.2, 0) is 14.3 Å². The average Bonchev–Trinajstić information content (AvgIpc) is 3.05. The van der Waals surface area contributed by atoms with Crippen LogP contribution in [0, 0.1) is 0 Å². The zero-order valence-corrected chi connectivity index (χ0v) is 19.2. The number of hydrogen-bond acceptors (Lipinski definition) is 6. The summed E-state index contributed by atoms with van der Waals surface area (Å²) in [4.78, 5) is 65.8. The second kappa shape index (κ2) is 8.74. The van der Waals surface area contributed by atoms with Crippen LogP contribution in [0.15, 0.2) is 42.5 Å². The fourth-order valence-electron chi connectivity index (χ4n) is 4.11. The third kappa shape index (κ3) is 3.83. The van der Waals surface area contributed by atoms with Gasteiger partial charge in [0.25, 0.3) is 17.7 Å². The maximum absolute atomic E-state index is 13.0. The number of esters is 1. The number of para-hydroxylation sites is 2. The van der Waals surface area contributed by atoms with E-state index in [0.717, 1.165) is 6.42 Å². The van der Waals surface area contributed by atoms with Gasteiger partial charge in [0.05, 0.1) is 28.1 Å². The van der Waals surface area contributed by atoms with Crippen molar-refractivity contribution in [3.8, 4) is 0 Å². The molecule has 0 fully saturated rings. The van der Waals surface area contributed by atoms with Gasteiger partial charge in [-0.2, -0.15) is 0 Å². The summed E-state index contributed by atoms with van der Waals surface area (Å²) >= 11 is 0. The number of hydrogen-bond donors (Lipinski definition) is 1. The Morgan fingerprint density at radius 3 is 2.44 bits per heavy atom. The first-order chi connectivity index (χ1) is 16.2. The molecule has 0 saturated heterocycles. The number of fused-ring (bicyclic) bond motifs is 2. The first-order valence-electron chi connectivity index (χ1n) is 11.1. The number of amides is 4. The number of carbonyl (C=O) groups excluding carboxylic acids is 5. The number of benzene rings is 2. The van der Waals surface area contributed by atoms with Gasteiger partial charge in [0.15, 0.2) is 6.61 Å². The van der Waals surface area contributed by atoms with Crippen LogP contribution in [0.4, 0.5) is 11.4 Å². The van der Waals surface area contributed by atoms with Gasteiger partial charge in [-0.1, -0.05) is 25.5 Å². The van der Waals surface area contributed by atoms with Gasteiger partial charge in [-0.3, -0.25) is 29.0 Å². The molecule has 0 aliphatic carbocycles. The second-order valence-electron chi connectivity index (χ2n) is 8.71. The topological polar surface area (TPSA) is 113 Å². The summed E-state index contributed by atoms with van der Waals surface area (Å²) in [5, 5.41) is 2.77. The number of ether oxygens (including phenoxy) is 1. The summed E-state index contributed by atoms with van der Waals surface area (Å²) in [6.45, 7) is 4.88. The van der Waals surface area contributed by atoms with E-state index in [1.807, 2.05) is 6.92 Å². The standard InChI is InChI=1S/C25H25N3O6/c1-4-5-12-27-21(30)16-11-10-15(13-17(16)22(27)31)23(32)34-14-20(29)28-19-9-7-6-8-18(19)26-24(33)25(28,2)3/h6-11,13H,4-5,12,14H2,1-3H3,(H,26,33). The highest BCUT2D eigenvalue weighted by Gasteiger charge is 2.43. The molecule has 4 amide bonds. The summed E-state index contributed by atoms with van der Waals surface area (Å²) in [7, 11) is 0. The van der Waals surface area contributed by atoms with Crippen molar-refractivity contribution in [1.29, 1.82) is 0 Å². The molecule has 0 saturated carbocycles. The molecule has 9 heteroatoms. The third-order valence-corrected chi connectivity index (χ3v) is 6.03. The molecule has 2 aromatic rings. The van der Waals surface area contributed by atoms with E-state index in [2.05, 4.69) is 5.32 Å². The maximum atomic E-state index is 13.0. The van der Waals surface area contributed by atoms with Gasteiger partial charge in [-0.05, 0) is 50.6 Å². The van der Waals surface area contributed by atoms with Gasteiger partial charge in [-0.15, -0.1) is 0 Å². The number of unbranched alkanes of at least 4 members (excludes halogenated alkanes) is 1. The quantitative estimate of drug-likeness (QED) is 0.521. The predicted octanol–water partition coefficient (Wildman–Crippen LogP) is 3.00. The Balaban J connectivity index is 1.50. The first kappa shape index (κ1) is 23.2. The third-order valence-electron chi connectivity index (χ3n) is 6.03. The van der Waals surface area contributed by atoms with Crippen LogP contribution < -0.4 is 10.2 Å². The van der Waals surface area contributed by atoms with Crippen molar-refractivity contribution in [2.75, 3.05) is 23.4 Å². The number of rotatable bonds is 6. The number of imide groups is 1. The maximum Gasteiger partial charge on any atom is 0.338 e. The first-order valence-corrected chi connectivity index (χ1v) is 11.1. The fourth-order valence-corrected chi connectivity index (χ4v) is 4.11. The van der Waals surface area contributed by atoms with Gasteiger partial charge < -0.3 is 10.1 Å². The van der Waals surface area contributed by atoms with Crippen LogP contribution in [0.25, 0.3) is 0 Å². The van der Waals surface area contributed by atoms with E-state index in [-0.39, 0.29) is 28.5 Å². The Morgan fingerprint density at radius 2 is 1.71 bits per heavy atom. The van der Waals surface area contributed by atoms with Crippen LogP contribution in [0.2, 0.25) is 0 Å². The Hall–Kier alpha value is -4.01. The van der Waals surface area contributed by atoms with Gasteiger partial charge in [0, 0.05) is 6.54 Å². The van der Waals surface area contributed by atoms with E-state index in [9.17, 15) is 24.0 Å². The molecule has 0 atom stereocenters. The molecule has 0 spiro atoms. The lowest BCUT2D eigenvalue weighted by atomic mass is 9.96. The minimum Gasteiger partial charge on any atom is -0.452 e. The van der Waals surface area contributed by atoms with E-state index in [0.29, 0.717) is 24.3 Å². The van der Waals surface area contributed by atoms with Crippen LogP contribution in [0.1, 0.15) is 64.7 Å². The summed E-state index contributed by atoms with van der Waals surface area (Å²) in [6.07, 6.45) is 1.52. The van der Waals surface area contributed by atoms with Crippen molar-refractivity contribution in [1.82, 2.24) is 4.90 Å². The molecule has 9 nitrogen and oxygen atoms in total. The summed E-state index contributed by atoms with van der Waals surface area (Å²) in [5.41, 5.74) is 0.236. The highest BCUT2D eigenvalue weighted by atomic mass is 16.5. The molecule has 0 radical (unpaired) electrons. The number of nitrogens with zero attached hydrogens (tertiary/aromatic N) is 2. The highest BCUT2D eigenvalue weighted by molar-refractivity contribution is 6.22. The van der Waals surface area contributed by atoms with E-state index in [1.54, 1.807) is 38.1 Å². The monoisotopic (exact) mass is 463 g/mol. The van der Waals surface area contributed by atoms with E-state index < -0.39 is 29.9 Å².